The largest absolute Gasteiger partial charge is 0.490 e. The lowest BCUT2D eigenvalue weighted by Gasteiger charge is -2.14. The predicted molar refractivity (Wildman–Crippen MR) is 104 cm³/mol. The lowest BCUT2D eigenvalue weighted by Crippen LogP contribution is -2.02. The average molecular weight is 412 g/mol. The van der Waals surface area contributed by atoms with Crippen molar-refractivity contribution >= 4 is 38.6 Å². The second-order valence-electron chi connectivity index (χ2n) is 5.13. The maximum absolute atomic E-state index is 5.85. The van der Waals surface area contributed by atoms with Gasteiger partial charge in [-0.25, -0.2) is 4.98 Å². The summed E-state index contributed by atoms with van der Waals surface area (Å²) in [7, 11) is 0. The summed E-state index contributed by atoms with van der Waals surface area (Å²) in [5.41, 5.74) is 4.82. The first-order valence-corrected chi connectivity index (χ1v) is 9.61. The van der Waals surface area contributed by atoms with Crippen molar-refractivity contribution in [3.63, 3.8) is 0 Å². The Hall–Kier alpha value is -1.60. The van der Waals surface area contributed by atoms with E-state index in [1.165, 1.54) is 11.3 Å². The predicted octanol–water partition coefficient (Wildman–Crippen LogP) is 5.24. The summed E-state index contributed by atoms with van der Waals surface area (Å²) in [4.78, 5) is 4.30. The molecule has 2 aromatic rings. The van der Waals surface area contributed by atoms with Crippen LogP contribution in [0.2, 0.25) is 0 Å². The molecule has 1 aromatic heterocycles. The zero-order valence-electron chi connectivity index (χ0n) is 14.1. The molecule has 0 atom stereocenters. The summed E-state index contributed by atoms with van der Waals surface area (Å²) in [6, 6.07) is 3.88. The smallest absolute Gasteiger partial charge is 0.203 e. The molecule has 130 valence electrons. The Kier molecular flexibility index (Phi) is 7.52. The minimum absolute atomic E-state index is 0.577. The second-order valence-corrected chi connectivity index (χ2v) is 6.84. The number of aryl methyl sites for hydroxylation is 1. The van der Waals surface area contributed by atoms with E-state index in [2.05, 4.69) is 38.4 Å². The zero-order chi connectivity index (χ0) is 17.4. The Morgan fingerprint density at radius 2 is 2.17 bits per heavy atom. The average Bonchev–Trinajstić information content (AvgIpc) is 2.96. The number of halogens is 1. The number of thiazole rings is 1. The van der Waals surface area contributed by atoms with E-state index in [4.69, 9.17) is 9.47 Å². The number of nitrogens with zero attached hydrogens (tertiary/aromatic N) is 2. The maximum Gasteiger partial charge on any atom is 0.203 e. The number of unbranched alkanes of at least 4 members (excludes halogenated alkanes) is 1. The summed E-state index contributed by atoms with van der Waals surface area (Å²) >= 11 is 5.09. The molecule has 5 nitrogen and oxygen atoms in total. The van der Waals surface area contributed by atoms with Crippen LogP contribution in [0, 0.1) is 6.92 Å². The minimum Gasteiger partial charge on any atom is -0.490 e. The molecule has 0 saturated carbocycles. The number of ether oxygens (including phenoxy) is 2. The molecule has 24 heavy (non-hydrogen) atoms. The van der Waals surface area contributed by atoms with Crippen LogP contribution in [0.15, 0.2) is 27.1 Å². The van der Waals surface area contributed by atoms with Gasteiger partial charge in [-0.2, -0.15) is 5.10 Å². The summed E-state index contributed by atoms with van der Waals surface area (Å²) in [5, 5.41) is 6.98. The highest BCUT2D eigenvalue weighted by Gasteiger charge is 2.11. The third-order valence-electron chi connectivity index (χ3n) is 3.07. The highest BCUT2D eigenvalue weighted by atomic mass is 79.9. The van der Waals surface area contributed by atoms with E-state index >= 15 is 0 Å². The van der Waals surface area contributed by atoms with Crippen molar-refractivity contribution < 1.29 is 9.47 Å². The number of hydrogen-bond acceptors (Lipinski definition) is 6. The van der Waals surface area contributed by atoms with Crippen molar-refractivity contribution in [3.8, 4) is 11.5 Å². The maximum atomic E-state index is 5.85. The van der Waals surface area contributed by atoms with Gasteiger partial charge in [0.15, 0.2) is 11.5 Å². The number of rotatable bonds is 9. The molecule has 0 amide bonds. The quantitative estimate of drug-likeness (QED) is 0.348. The minimum atomic E-state index is 0.577. The molecule has 1 N–H and O–H groups in total. The van der Waals surface area contributed by atoms with Gasteiger partial charge in [0.05, 0.1) is 29.6 Å². The molecule has 0 fully saturated rings. The van der Waals surface area contributed by atoms with Crippen LogP contribution in [0.1, 0.15) is 37.9 Å². The van der Waals surface area contributed by atoms with Crippen molar-refractivity contribution in [1.29, 1.82) is 0 Å². The Labute approximate surface area is 155 Å². The SMILES string of the molecule is CCCCOc1c(Br)cc(C=NNc2nc(C)cs2)cc1OCC. The molecule has 0 bridgehead atoms. The first-order chi connectivity index (χ1) is 11.6. The van der Waals surface area contributed by atoms with E-state index in [-0.39, 0.29) is 0 Å². The van der Waals surface area contributed by atoms with Crippen LogP contribution in [0.4, 0.5) is 5.13 Å². The molecule has 0 spiro atoms. The molecule has 7 heteroatoms. The molecule has 0 unspecified atom stereocenters. The number of hydrogen-bond donors (Lipinski definition) is 1. The Balaban J connectivity index is 2.12. The van der Waals surface area contributed by atoms with Crippen LogP contribution in [0.25, 0.3) is 0 Å². The first kappa shape index (κ1) is 18.7. The molecule has 0 aliphatic rings. The zero-order valence-corrected chi connectivity index (χ0v) is 16.5. The normalized spacial score (nSPS) is 11.0. The third kappa shape index (κ3) is 5.49. The standard InChI is InChI=1S/C17H22BrN3O2S/c1-4-6-7-23-16-14(18)8-13(9-15(16)22-5-2)10-19-21-17-20-12(3)11-24-17/h8-11H,4-7H2,1-3H3,(H,20,21). The van der Waals surface area contributed by atoms with Crippen molar-refractivity contribution in [2.45, 2.75) is 33.6 Å². The highest BCUT2D eigenvalue weighted by molar-refractivity contribution is 9.10. The molecule has 1 heterocycles. The highest BCUT2D eigenvalue weighted by Crippen LogP contribution is 2.36. The fraction of sp³-hybridized carbons (Fsp3) is 0.412. The number of aromatic nitrogens is 1. The van der Waals surface area contributed by atoms with Gasteiger partial charge in [-0.3, -0.25) is 5.43 Å². The molecule has 0 aliphatic heterocycles. The number of nitrogens with one attached hydrogen (secondary N) is 1. The number of anilines is 1. The van der Waals surface area contributed by atoms with Gasteiger partial charge in [0.25, 0.3) is 0 Å². The lowest BCUT2D eigenvalue weighted by atomic mass is 10.2. The van der Waals surface area contributed by atoms with Gasteiger partial charge in [0.1, 0.15) is 0 Å². The summed E-state index contributed by atoms with van der Waals surface area (Å²) in [6.45, 7) is 7.30. The van der Waals surface area contributed by atoms with Crippen LogP contribution >= 0.6 is 27.3 Å². The number of hydrazone groups is 1. The topological polar surface area (TPSA) is 55.7 Å². The van der Waals surface area contributed by atoms with Crippen LogP contribution < -0.4 is 14.9 Å². The van der Waals surface area contributed by atoms with Gasteiger partial charge in [-0.1, -0.05) is 13.3 Å². The van der Waals surface area contributed by atoms with Crippen LogP contribution in [-0.2, 0) is 0 Å². The van der Waals surface area contributed by atoms with Crippen molar-refractivity contribution in [2.24, 2.45) is 5.10 Å². The van der Waals surface area contributed by atoms with E-state index in [0.717, 1.165) is 45.2 Å². The van der Waals surface area contributed by atoms with Crippen molar-refractivity contribution in [2.75, 3.05) is 18.6 Å². The third-order valence-corrected chi connectivity index (χ3v) is 4.52. The lowest BCUT2D eigenvalue weighted by molar-refractivity contribution is 0.271. The van der Waals surface area contributed by atoms with Gasteiger partial charge >= 0.3 is 0 Å². The Bertz CT molecular complexity index is 688. The van der Waals surface area contributed by atoms with E-state index in [0.29, 0.717) is 13.2 Å². The molecular weight excluding hydrogens is 390 g/mol. The van der Waals surface area contributed by atoms with E-state index in [1.807, 2.05) is 31.4 Å². The molecule has 2 rings (SSSR count). The molecule has 0 saturated heterocycles. The van der Waals surface area contributed by atoms with E-state index < -0.39 is 0 Å². The summed E-state index contributed by atoms with van der Waals surface area (Å²) in [5.74, 6) is 1.46. The van der Waals surface area contributed by atoms with Gasteiger partial charge in [-0.05, 0) is 53.9 Å². The van der Waals surface area contributed by atoms with Gasteiger partial charge in [-0.15, -0.1) is 11.3 Å². The Morgan fingerprint density at radius 1 is 1.33 bits per heavy atom. The fourth-order valence-corrected chi connectivity index (χ4v) is 3.16. The molecule has 1 aromatic carbocycles. The second kappa shape index (κ2) is 9.64. The van der Waals surface area contributed by atoms with Crippen LogP contribution in [0.3, 0.4) is 0 Å². The van der Waals surface area contributed by atoms with E-state index in [9.17, 15) is 0 Å². The van der Waals surface area contributed by atoms with Gasteiger partial charge in [0.2, 0.25) is 5.13 Å². The molecule has 0 aliphatic carbocycles. The van der Waals surface area contributed by atoms with Crippen molar-refractivity contribution in [1.82, 2.24) is 4.98 Å². The molecular formula is C17H22BrN3O2S. The number of benzene rings is 1. The van der Waals surface area contributed by atoms with Gasteiger partial charge in [0, 0.05) is 5.38 Å². The van der Waals surface area contributed by atoms with Crippen molar-refractivity contribution in [3.05, 3.63) is 33.2 Å². The molecule has 0 radical (unpaired) electrons. The fourth-order valence-electron chi connectivity index (χ4n) is 1.95. The van der Waals surface area contributed by atoms with Crippen LogP contribution in [-0.4, -0.2) is 24.4 Å². The monoisotopic (exact) mass is 411 g/mol. The summed E-state index contributed by atoms with van der Waals surface area (Å²) < 4.78 is 12.4. The first-order valence-electron chi connectivity index (χ1n) is 7.94. The van der Waals surface area contributed by atoms with E-state index in [1.54, 1.807) is 6.21 Å². The Morgan fingerprint density at radius 3 is 2.83 bits per heavy atom. The summed E-state index contributed by atoms with van der Waals surface area (Å²) in [6.07, 6.45) is 3.84. The van der Waals surface area contributed by atoms with Crippen LogP contribution in [0.5, 0.6) is 11.5 Å². The van der Waals surface area contributed by atoms with Gasteiger partial charge < -0.3 is 9.47 Å².